The summed E-state index contributed by atoms with van der Waals surface area (Å²) >= 11 is 0. The van der Waals surface area contributed by atoms with Crippen LogP contribution in [-0.2, 0) is 10.0 Å². The molecule has 0 unspecified atom stereocenters. The van der Waals surface area contributed by atoms with Crippen LogP contribution in [0.3, 0.4) is 0 Å². The number of nitrogens with zero attached hydrogens (tertiary/aromatic N) is 1. The Hall–Kier alpha value is -1.51. The molecule has 20 heavy (non-hydrogen) atoms. The second-order valence-corrected chi connectivity index (χ2v) is 6.72. The van der Waals surface area contributed by atoms with Gasteiger partial charge in [0.1, 0.15) is 0 Å². The summed E-state index contributed by atoms with van der Waals surface area (Å²) < 4.78 is 26.5. The number of rotatable bonds is 5. The van der Waals surface area contributed by atoms with Gasteiger partial charge in [-0.05, 0) is 18.9 Å². The van der Waals surface area contributed by atoms with E-state index in [1.807, 2.05) is 0 Å². The van der Waals surface area contributed by atoms with Gasteiger partial charge in [0.2, 0.25) is 10.0 Å². The Balaban J connectivity index is 2.20. The summed E-state index contributed by atoms with van der Waals surface area (Å²) in [4.78, 5) is 9.74. The van der Waals surface area contributed by atoms with Crippen LogP contribution < -0.4 is 4.72 Å². The molecule has 0 amide bonds. The molecule has 0 radical (unpaired) electrons. The molecule has 1 aromatic rings. The zero-order valence-electron chi connectivity index (χ0n) is 10.8. The molecule has 2 rings (SSSR count). The van der Waals surface area contributed by atoms with Gasteiger partial charge in [-0.3, -0.25) is 10.1 Å². The van der Waals surface area contributed by atoms with Gasteiger partial charge in [0.15, 0.2) is 4.90 Å². The first-order valence-electron chi connectivity index (χ1n) is 6.30. The summed E-state index contributed by atoms with van der Waals surface area (Å²) in [6.45, 7) is -0.124. The van der Waals surface area contributed by atoms with Crippen molar-refractivity contribution in [1.82, 2.24) is 4.72 Å². The van der Waals surface area contributed by atoms with Crippen molar-refractivity contribution in [2.24, 2.45) is 0 Å². The molecule has 2 N–H and O–H groups in total. The largest absolute Gasteiger partial charge is 0.389 e. The fourth-order valence-electron chi connectivity index (χ4n) is 2.35. The zero-order chi connectivity index (χ0) is 14.8. The van der Waals surface area contributed by atoms with E-state index in [-0.39, 0.29) is 11.4 Å². The average Bonchev–Trinajstić information content (AvgIpc) is 2.84. The maximum absolute atomic E-state index is 12.1. The van der Waals surface area contributed by atoms with Crippen molar-refractivity contribution in [2.45, 2.75) is 36.2 Å². The number of nitro benzene ring substituents is 1. The van der Waals surface area contributed by atoms with E-state index >= 15 is 0 Å². The highest BCUT2D eigenvalue weighted by molar-refractivity contribution is 7.89. The topological polar surface area (TPSA) is 110 Å². The summed E-state index contributed by atoms with van der Waals surface area (Å²) in [6, 6.07) is 5.14. The minimum atomic E-state index is -4.01. The highest BCUT2D eigenvalue weighted by atomic mass is 32.2. The van der Waals surface area contributed by atoms with Crippen LogP contribution in [-0.4, -0.2) is 30.6 Å². The van der Waals surface area contributed by atoms with Crippen molar-refractivity contribution in [3.63, 3.8) is 0 Å². The third kappa shape index (κ3) is 3.14. The highest BCUT2D eigenvalue weighted by Gasteiger charge is 2.34. The standard InChI is InChI=1S/C12H16N2O5S/c15-12(7-3-4-8-12)9-13-20(18,19)11-6-2-1-5-10(11)14(16)17/h1-2,5-6,13,15H,3-4,7-9H2. The van der Waals surface area contributed by atoms with Crippen LogP contribution in [0.25, 0.3) is 0 Å². The number of sulfonamides is 1. The van der Waals surface area contributed by atoms with Crippen molar-refractivity contribution in [1.29, 1.82) is 0 Å². The number of hydrogen-bond acceptors (Lipinski definition) is 5. The lowest BCUT2D eigenvalue weighted by atomic mass is 10.0. The first-order valence-corrected chi connectivity index (χ1v) is 7.78. The first kappa shape index (κ1) is 14.9. The van der Waals surface area contributed by atoms with Gasteiger partial charge in [0, 0.05) is 12.6 Å². The van der Waals surface area contributed by atoms with Gasteiger partial charge in [-0.1, -0.05) is 25.0 Å². The smallest absolute Gasteiger partial charge is 0.289 e. The van der Waals surface area contributed by atoms with E-state index in [4.69, 9.17) is 0 Å². The Morgan fingerprint density at radius 3 is 2.50 bits per heavy atom. The molecule has 0 aliphatic heterocycles. The van der Waals surface area contributed by atoms with E-state index in [1.54, 1.807) is 0 Å². The van der Waals surface area contributed by atoms with Gasteiger partial charge in [-0.2, -0.15) is 0 Å². The van der Waals surface area contributed by atoms with E-state index in [0.717, 1.165) is 18.9 Å². The summed E-state index contributed by atoms with van der Waals surface area (Å²) in [5, 5.41) is 21.0. The van der Waals surface area contributed by atoms with Gasteiger partial charge in [-0.25, -0.2) is 13.1 Å². The summed E-state index contributed by atoms with van der Waals surface area (Å²) in [5.41, 5.74) is -1.52. The van der Waals surface area contributed by atoms with Gasteiger partial charge in [0.05, 0.1) is 10.5 Å². The molecule has 0 spiro atoms. The van der Waals surface area contributed by atoms with Crippen LogP contribution in [0.2, 0.25) is 0 Å². The number of hydrogen-bond donors (Lipinski definition) is 2. The quantitative estimate of drug-likeness (QED) is 0.626. The Labute approximate surface area is 116 Å². The minimum Gasteiger partial charge on any atom is -0.389 e. The van der Waals surface area contributed by atoms with Crippen molar-refractivity contribution in [2.75, 3.05) is 6.54 Å². The monoisotopic (exact) mass is 300 g/mol. The molecule has 8 heteroatoms. The molecule has 1 aliphatic carbocycles. The van der Waals surface area contributed by atoms with Gasteiger partial charge < -0.3 is 5.11 Å². The summed E-state index contributed by atoms with van der Waals surface area (Å²) in [5.74, 6) is 0. The molecule has 0 aromatic heterocycles. The van der Waals surface area contributed by atoms with E-state index in [1.165, 1.54) is 18.2 Å². The van der Waals surface area contributed by atoms with E-state index in [9.17, 15) is 23.6 Å². The molecule has 1 aromatic carbocycles. The predicted molar refractivity (Wildman–Crippen MR) is 71.7 cm³/mol. The second-order valence-electron chi connectivity index (χ2n) is 4.98. The molecule has 1 fully saturated rings. The number of aliphatic hydroxyl groups is 1. The number of nitro groups is 1. The van der Waals surface area contributed by atoms with Gasteiger partial charge in [-0.15, -0.1) is 0 Å². The molecular weight excluding hydrogens is 284 g/mol. The van der Waals surface area contributed by atoms with E-state index in [0.29, 0.717) is 12.8 Å². The Morgan fingerprint density at radius 2 is 1.90 bits per heavy atom. The molecule has 0 atom stereocenters. The summed E-state index contributed by atoms with van der Waals surface area (Å²) in [7, 11) is -4.01. The van der Waals surface area contributed by atoms with E-state index in [2.05, 4.69) is 4.72 Å². The summed E-state index contributed by atoms with van der Waals surface area (Å²) in [6.07, 6.45) is 2.77. The van der Waals surface area contributed by atoms with Crippen LogP contribution in [0.15, 0.2) is 29.2 Å². The second kappa shape index (κ2) is 5.47. The number of para-hydroxylation sites is 1. The lowest BCUT2D eigenvalue weighted by molar-refractivity contribution is -0.387. The average molecular weight is 300 g/mol. The zero-order valence-corrected chi connectivity index (χ0v) is 11.6. The van der Waals surface area contributed by atoms with Crippen LogP contribution in [0.5, 0.6) is 0 Å². The minimum absolute atomic E-state index is 0.124. The van der Waals surface area contributed by atoms with Crippen LogP contribution in [0, 0.1) is 10.1 Å². The molecule has 7 nitrogen and oxygen atoms in total. The maximum Gasteiger partial charge on any atom is 0.289 e. The number of nitrogens with one attached hydrogen (secondary N) is 1. The first-order chi connectivity index (χ1) is 9.34. The fraction of sp³-hybridized carbons (Fsp3) is 0.500. The molecule has 0 bridgehead atoms. The number of benzene rings is 1. The lowest BCUT2D eigenvalue weighted by Gasteiger charge is -2.22. The fourth-order valence-corrected chi connectivity index (χ4v) is 3.64. The molecule has 0 heterocycles. The molecule has 110 valence electrons. The normalized spacial score (nSPS) is 18.1. The SMILES string of the molecule is O=[N+]([O-])c1ccccc1S(=O)(=O)NCC1(O)CCCC1. The van der Waals surface area contributed by atoms with Crippen LogP contribution >= 0.6 is 0 Å². The molecule has 1 saturated carbocycles. The van der Waals surface area contributed by atoms with Crippen molar-refractivity contribution >= 4 is 15.7 Å². The lowest BCUT2D eigenvalue weighted by Crippen LogP contribution is -2.40. The highest BCUT2D eigenvalue weighted by Crippen LogP contribution is 2.29. The van der Waals surface area contributed by atoms with E-state index < -0.39 is 26.2 Å². The van der Waals surface area contributed by atoms with Gasteiger partial charge >= 0.3 is 0 Å². The third-order valence-electron chi connectivity index (χ3n) is 3.48. The Morgan fingerprint density at radius 1 is 1.30 bits per heavy atom. The maximum atomic E-state index is 12.1. The molecule has 1 aliphatic rings. The Kier molecular flexibility index (Phi) is 4.07. The van der Waals surface area contributed by atoms with Crippen molar-refractivity contribution in [3.05, 3.63) is 34.4 Å². The third-order valence-corrected chi connectivity index (χ3v) is 4.93. The molecule has 0 saturated heterocycles. The molecular formula is C12H16N2O5S. The predicted octanol–water partition coefficient (Wildman–Crippen LogP) is 1.18. The van der Waals surface area contributed by atoms with Crippen LogP contribution in [0.4, 0.5) is 5.69 Å². The van der Waals surface area contributed by atoms with Crippen molar-refractivity contribution < 1.29 is 18.4 Å². The van der Waals surface area contributed by atoms with Gasteiger partial charge in [0.25, 0.3) is 5.69 Å². The van der Waals surface area contributed by atoms with Crippen molar-refractivity contribution in [3.8, 4) is 0 Å². The Bertz CT molecular complexity index is 608. The van der Waals surface area contributed by atoms with Crippen LogP contribution in [0.1, 0.15) is 25.7 Å².